The third-order valence-electron chi connectivity index (χ3n) is 6.60. The van der Waals surface area contributed by atoms with Crippen molar-refractivity contribution >= 4 is 34.4 Å². The second-order valence-electron chi connectivity index (χ2n) is 10.3. The Morgan fingerprint density at radius 3 is 2.54 bits per heavy atom. The minimum Gasteiger partial charge on any atom is -0.505 e. The van der Waals surface area contributed by atoms with Crippen LogP contribution in [0, 0.1) is 5.41 Å². The van der Waals surface area contributed by atoms with Crippen molar-refractivity contribution in [2.75, 3.05) is 25.2 Å². The fourth-order valence-corrected chi connectivity index (χ4v) is 5.31. The van der Waals surface area contributed by atoms with Crippen molar-refractivity contribution in [3.8, 4) is 17.2 Å². The normalized spacial score (nSPS) is 19.8. The van der Waals surface area contributed by atoms with Gasteiger partial charge in [0.25, 0.3) is 17.1 Å². The van der Waals surface area contributed by atoms with E-state index in [2.05, 4.69) is 40.2 Å². The predicted octanol–water partition coefficient (Wildman–Crippen LogP) is 3.93. The Labute approximate surface area is 218 Å². The van der Waals surface area contributed by atoms with Crippen LogP contribution in [0.5, 0.6) is 17.2 Å². The highest BCUT2D eigenvalue weighted by atomic mass is 32.2. The standard InChI is InChI=1S/C26H31N5O5S/c1-26(2,3)22(16-10-11-19-20(14-16)36-15-35-19)28-24-23(29-37(34)30-24)27-18-9-7-8-17(21(18)32)25(33)31-12-5-4-6-13-31/h7-11,14,22,32H,4-6,12-13,15H2,1-3H3,(H,27,29)(H,28,30)/t22-,37?/m0/s1. The molecule has 5 rings (SSSR count). The van der Waals surface area contributed by atoms with Crippen molar-refractivity contribution in [2.24, 2.45) is 14.2 Å². The van der Waals surface area contributed by atoms with Crippen molar-refractivity contribution in [3.05, 3.63) is 47.5 Å². The molecule has 3 N–H and O–H groups in total. The van der Waals surface area contributed by atoms with E-state index in [9.17, 15) is 14.1 Å². The molecule has 2 aromatic rings. The van der Waals surface area contributed by atoms with Crippen LogP contribution in [-0.4, -0.2) is 51.7 Å². The maximum absolute atomic E-state index is 13.0. The van der Waals surface area contributed by atoms with Gasteiger partial charge in [-0.15, -0.1) is 8.80 Å². The van der Waals surface area contributed by atoms with Crippen molar-refractivity contribution in [1.29, 1.82) is 0 Å². The van der Waals surface area contributed by atoms with E-state index in [0.29, 0.717) is 30.4 Å². The summed E-state index contributed by atoms with van der Waals surface area (Å²) in [5.41, 5.74) is 1.17. The highest BCUT2D eigenvalue weighted by Gasteiger charge is 2.32. The highest BCUT2D eigenvalue weighted by molar-refractivity contribution is 7.83. The van der Waals surface area contributed by atoms with Crippen LogP contribution in [0.3, 0.4) is 0 Å². The van der Waals surface area contributed by atoms with Crippen LogP contribution < -0.4 is 20.1 Å². The van der Waals surface area contributed by atoms with Crippen LogP contribution >= 0.6 is 0 Å². The lowest BCUT2D eigenvalue weighted by atomic mass is 9.82. The van der Waals surface area contributed by atoms with Gasteiger partial charge in [-0.05, 0) is 54.5 Å². The minimum absolute atomic E-state index is 0.180. The fourth-order valence-electron chi connectivity index (χ4n) is 4.68. The molecule has 11 heteroatoms. The molecule has 37 heavy (non-hydrogen) atoms. The van der Waals surface area contributed by atoms with Crippen LogP contribution in [0.1, 0.15) is 62.0 Å². The lowest BCUT2D eigenvalue weighted by Gasteiger charge is -2.33. The van der Waals surface area contributed by atoms with Crippen molar-refractivity contribution in [2.45, 2.75) is 46.1 Å². The molecule has 3 heterocycles. The largest absolute Gasteiger partial charge is 0.505 e. The first-order chi connectivity index (χ1) is 17.7. The highest BCUT2D eigenvalue weighted by Crippen LogP contribution is 2.39. The van der Waals surface area contributed by atoms with Gasteiger partial charge in [0.05, 0.1) is 17.3 Å². The molecule has 196 valence electrons. The maximum Gasteiger partial charge on any atom is 0.269 e. The summed E-state index contributed by atoms with van der Waals surface area (Å²) in [4.78, 5) is 14.8. The first-order valence-corrected chi connectivity index (χ1v) is 13.4. The molecule has 2 atom stereocenters. The number of nitrogens with one attached hydrogen (secondary N) is 2. The first-order valence-electron chi connectivity index (χ1n) is 12.3. The van der Waals surface area contributed by atoms with E-state index in [4.69, 9.17) is 9.47 Å². The van der Waals surface area contributed by atoms with Crippen LogP contribution in [0.4, 0.5) is 5.69 Å². The van der Waals surface area contributed by atoms with E-state index in [1.165, 1.54) is 0 Å². The van der Waals surface area contributed by atoms with Gasteiger partial charge >= 0.3 is 0 Å². The molecule has 0 bridgehead atoms. The Morgan fingerprint density at radius 2 is 1.78 bits per heavy atom. The lowest BCUT2D eigenvalue weighted by Crippen LogP contribution is -2.41. The SMILES string of the molecule is CC(C)(C)[C@@H](NC1=NS(=O)N=C1Nc1cccc(C(=O)N2CCCCC2)c1O)c1ccc2c(c1)OCO2. The van der Waals surface area contributed by atoms with Gasteiger partial charge in [-0.3, -0.25) is 4.79 Å². The predicted molar refractivity (Wildman–Crippen MR) is 142 cm³/mol. The number of fused-ring (bicyclic) bond motifs is 1. The van der Waals surface area contributed by atoms with E-state index in [1.54, 1.807) is 23.1 Å². The first kappa shape index (κ1) is 25.1. The summed E-state index contributed by atoms with van der Waals surface area (Å²) < 4.78 is 31.6. The number of carbonyl (C=O) groups is 1. The molecule has 1 saturated heterocycles. The van der Waals surface area contributed by atoms with E-state index in [0.717, 1.165) is 24.8 Å². The molecule has 0 aliphatic carbocycles. The van der Waals surface area contributed by atoms with Gasteiger partial charge in [0.1, 0.15) is 0 Å². The number of anilines is 1. The van der Waals surface area contributed by atoms with Crippen molar-refractivity contribution in [1.82, 2.24) is 10.2 Å². The third kappa shape index (κ3) is 5.27. The summed E-state index contributed by atoms with van der Waals surface area (Å²) in [7, 11) is 0. The fraction of sp³-hybridized carbons (Fsp3) is 0.423. The van der Waals surface area contributed by atoms with E-state index in [-0.39, 0.29) is 47.0 Å². The number of amides is 1. The minimum atomic E-state index is -1.83. The number of piperidine rings is 1. The molecule has 3 aliphatic heterocycles. The van der Waals surface area contributed by atoms with Crippen molar-refractivity contribution in [3.63, 3.8) is 0 Å². The number of aromatic hydroxyl groups is 1. The monoisotopic (exact) mass is 525 g/mol. The number of benzene rings is 2. The number of carbonyl (C=O) groups excluding carboxylic acids is 1. The summed E-state index contributed by atoms with van der Waals surface area (Å²) in [6, 6.07) is 10.4. The smallest absolute Gasteiger partial charge is 0.269 e. The van der Waals surface area contributed by atoms with Crippen molar-refractivity contribution < 1.29 is 23.6 Å². The average molecular weight is 526 g/mol. The molecule has 3 aliphatic rings. The zero-order chi connectivity index (χ0) is 26.2. The molecular weight excluding hydrogens is 494 g/mol. The van der Waals surface area contributed by atoms with Gasteiger partial charge < -0.3 is 30.1 Å². The quantitative estimate of drug-likeness (QED) is 0.517. The molecule has 1 unspecified atom stereocenters. The molecule has 0 radical (unpaired) electrons. The van der Waals surface area contributed by atoms with Gasteiger partial charge in [-0.2, -0.15) is 0 Å². The summed E-state index contributed by atoms with van der Waals surface area (Å²) in [5.74, 6) is 1.47. The number of likely N-dealkylation sites (tertiary alicyclic amines) is 1. The second-order valence-corrected chi connectivity index (χ2v) is 11.2. The Hall–Kier alpha value is -3.60. The molecule has 0 saturated carbocycles. The lowest BCUT2D eigenvalue weighted by molar-refractivity contribution is 0.0721. The number of phenolic OH excluding ortho intramolecular Hbond substituents is 1. The van der Waals surface area contributed by atoms with Gasteiger partial charge in [0, 0.05) is 13.1 Å². The molecule has 2 aromatic carbocycles. The average Bonchev–Trinajstić information content (AvgIpc) is 3.48. The number of rotatable bonds is 4. The van der Waals surface area contributed by atoms with Gasteiger partial charge in [0.15, 0.2) is 28.9 Å². The number of hydrogen-bond donors (Lipinski definition) is 3. The second kappa shape index (κ2) is 10.0. The molecule has 1 amide bonds. The zero-order valence-corrected chi connectivity index (χ0v) is 21.9. The molecule has 10 nitrogen and oxygen atoms in total. The Morgan fingerprint density at radius 1 is 1.05 bits per heavy atom. The Balaban J connectivity index is 1.38. The topological polar surface area (TPSA) is 125 Å². The van der Waals surface area contributed by atoms with Crippen LogP contribution in [0.25, 0.3) is 0 Å². The number of nitrogens with zero attached hydrogens (tertiary/aromatic N) is 3. The van der Waals surface area contributed by atoms with Gasteiger partial charge in [0.2, 0.25) is 6.79 Å². The summed E-state index contributed by atoms with van der Waals surface area (Å²) in [6.45, 7) is 7.77. The summed E-state index contributed by atoms with van der Waals surface area (Å²) >= 11 is -1.83. The van der Waals surface area contributed by atoms with E-state index >= 15 is 0 Å². The molecule has 0 aromatic heterocycles. The van der Waals surface area contributed by atoms with Gasteiger partial charge in [-0.25, -0.2) is 4.21 Å². The molecular formula is C26H31N5O5S. The number of amidine groups is 2. The zero-order valence-electron chi connectivity index (χ0n) is 21.1. The third-order valence-corrected chi connectivity index (χ3v) is 7.28. The Bertz CT molecular complexity index is 1300. The number of phenols is 1. The van der Waals surface area contributed by atoms with E-state index < -0.39 is 11.2 Å². The van der Waals surface area contributed by atoms with Crippen LogP contribution in [0.2, 0.25) is 0 Å². The summed E-state index contributed by atoms with van der Waals surface area (Å²) in [6.07, 6.45) is 3.01. The summed E-state index contributed by atoms with van der Waals surface area (Å²) in [5, 5.41) is 17.4. The van der Waals surface area contributed by atoms with Crippen LogP contribution in [0.15, 0.2) is 45.2 Å². The van der Waals surface area contributed by atoms with E-state index in [1.807, 2.05) is 18.2 Å². The van der Waals surface area contributed by atoms with Gasteiger partial charge in [-0.1, -0.05) is 32.9 Å². The Kier molecular flexibility index (Phi) is 6.80. The van der Waals surface area contributed by atoms with Crippen LogP contribution in [-0.2, 0) is 11.2 Å². The number of para-hydroxylation sites is 1. The molecule has 0 spiro atoms. The maximum atomic E-state index is 13.0. The molecule has 1 fully saturated rings. The number of ether oxygens (including phenoxy) is 2. The number of hydrogen-bond acceptors (Lipinski definition) is 7.